The van der Waals surface area contributed by atoms with Crippen LogP contribution in [0.5, 0.6) is 0 Å². The number of rotatable bonds is 5. The molecule has 0 spiro atoms. The van der Waals surface area contributed by atoms with Crippen molar-refractivity contribution in [3.8, 4) is 0 Å². The van der Waals surface area contributed by atoms with E-state index in [1.165, 1.54) is 22.3 Å². The van der Waals surface area contributed by atoms with E-state index in [1.54, 1.807) is 0 Å². The number of ether oxygens (including phenoxy) is 1. The molecule has 1 amide bonds. The summed E-state index contributed by atoms with van der Waals surface area (Å²) in [6, 6.07) is 8.62. The average molecular weight is 357 g/mol. The number of hydrogen-bond acceptors (Lipinski definition) is 8. The SMILES string of the molecule is O=C(Nc1nnc([C@H]2CCCO2)s1)[C@H](c1ccccc1)n1cnnn1. The Morgan fingerprint density at radius 3 is 2.92 bits per heavy atom. The summed E-state index contributed by atoms with van der Waals surface area (Å²) in [6.45, 7) is 0.737. The van der Waals surface area contributed by atoms with Crippen molar-refractivity contribution in [3.05, 3.63) is 47.2 Å². The molecule has 128 valence electrons. The van der Waals surface area contributed by atoms with Crippen molar-refractivity contribution in [2.75, 3.05) is 11.9 Å². The Balaban J connectivity index is 1.55. The van der Waals surface area contributed by atoms with Crippen LogP contribution in [0.2, 0.25) is 0 Å². The molecule has 4 rings (SSSR count). The van der Waals surface area contributed by atoms with Crippen LogP contribution in [0.15, 0.2) is 36.7 Å². The van der Waals surface area contributed by atoms with Gasteiger partial charge in [0.1, 0.15) is 17.4 Å². The van der Waals surface area contributed by atoms with Crippen molar-refractivity contribution >= 4 is 22.4 Å². The van der Waals surface area contributed by atoms with Gasteiger partial charge in [-0.25, -0.2) is 4.68 Å². The summed E-state index contributed by atoms with van der Waals surface area (Å²) in [7, 11) is 0. The maximum Gasteiger partial charge on any atom is 0.255 e. The Morgan fingerprint density at radius 2 is 2.20 bits per heavy atom. The number of aromatic nitrogens is 6. The van der Waals surface area contributed by atoms with Crippen LogP contribution < -0.4 is 5.32 Å². The number of carbonyl (C=O) groups is 1. The van der Waals surface area contributed by atoms with E-state index in [9.17, 15) is 4.79 Å². The number of carbonyl (C=O) groups excluding carboxylic acids is 1. The number of nitrogens with one attached hydrogen (secondary N) is 1. The van der Waals surface area contributed by atoms with Gasteiger partial charge in [-0.2, -0.15) is 0 Å². The highest BCUT2D eigenvalue weighted by Crippen LogP contribution is 2.32. The third kappa shape index (κ3) is 3.39. The largest absolute Gasteiger partial charge is 0.371 e. The van der Waals surface area contributed by atoms with Gasteiger partial charge in [0.05, 0.1) is 0 Å². The molecule has 1 N–H and O–H groups in total. The number of nitrogens with zero attached hydrogens (tertiary/aromatic N) is 6. The molecule has 3 aromatic rings. The zero-order valence-electron chi connectivity index (χ0n) is 13.1. The second-order valence-electron chi connectivity index (χ2n) is 5.54. The molecular weight excluding hydrogens is 342 g/mol. The van der Waals surface area contributed by atoms with Crippen molar-refractivity contribution in [1.29, 1.82) is 0 Å². The Morgan fingerprint density at radius 1 is 1.32 bits per heavy atom. The molecule has 9 nitrogen and oxygen atoms in total. The van der Waals surface area contributed by atoms with Crippen molar-refractivity contribution in [1.82, 2.24) is 30.4 Å². The molecule has 1 fully saturated rings. The predicted octanol–water partition coefficient (Wildman–Crippen LogP) is 1.60. The van der Waals surface area contributed by atoms with Crippen LogP contribution in [0.1, 0.15) is 35.6 Å². The Labute approximate surface area is 147 Å². The fraction of sp³-hybridized carbons (Fsp3) is 0.333. The summed E-state index contributed by atoms with van der Waals surface area (Å²) in [6.07, 6.45) is 3.34. The third-order valence-corrected chi connectivity index (χ3v) is 4.80. The van der Waals surface area contributed by atoms with Gasteiger partial charge in [0.15, 0.2) is 6.04 Å². The molecule has 1 aliphatic heterocycles. The van der Waals surface area contributed by atoms with Crippen LogP contribution in [0.3, 0.4) is 0 Å². The van der Waals surface area contributed by atoms with Gasteiger partial charge in [-0.1, -0.05) is 41.7 Å². The monoisotopic (exact) mass is 357 g/mol. The summed E-state index contributed by atoms with van der Waals surface area (Å²) >= 11 is 1.33. The van der Waals surface area contributed by atoms with E-state index in [-0.39, 0.29) is 12.0 Å². The second kappa shape index (κ2) is 7.03. The van der Waals surface area contributed by atoms with Gasteiger partial charge in [-0.15, -0.1) is 15.3 Å². The molecule has 3 heterocycles. The summed E-state index contributed by atoms with van der Waals surface area (Å²) < 4.78 is 7.01. The van der Waals surface area contributed by atoms with Crippen LogP contribution in [0.25, 0.3) is 0 Å². The molecule has 2 atom stereocenters. The van der Waals surface area contributed by atoms with E-state index >= 15 is 0 Å². The van der Waals surface area contributed by atoms with E-state index in [0.717, 1.165) is 30.0 Å². The van der Waals surface area contributed by atoms with E-state index in [0.29, 0.717) is 5.13 Å². The molecule has 2 aromatic heterocycles. The number of tetrazole rings is 1. The average Bonchev–Trinajstić information content (AvgIpc) is 3.38. The zero-order chi connectivity index (χ0) is 17.1. The van der Waals surface area contributed by atoms with Crippen LogP contribution >= 0.6 is 11.3 Å². The first-order valence-corrected chi connectivity index (χ1v) is 8.66. The molecule has 1 saturated heterocycles. The highest BCUT2D eigenvalue weighted by atomic mass is 32.1. The molecule has 0 radical (unpaired) electrons. The second-order valence-corrected chi connectivity index (χ2v) is 6.55. The smallest absolute Gasteiger partial charge is 0.255 e. The summed E-state index contributed by atoms with van der Waals surface area (Å²) in [4.78, 5) is 12.8. The lowest BCUT2D eigenvalue weighted by Crippen LogP contribution is -2.27. The third-order valence-electron chi connectivity index (χ3n) is 3.87. The fourth-order valence-electron chi connectivity index (χ4n) is 2.71. The van der Waals surface area contributed by atoms with E-state index in [2.05, 4.69) is 31.0 Å². The minimum absolute atomic E-state index is 0.0208. The zero-order valence-corrected chi connectivity index (χ0v) is 14.0. The first kappa shape index (κ1) is 15.8. The highest BCUT2D eigenvalue weighted by molar-refractivity contribution is 7.15. The van der Waals surface area contributed by atoms with E-state index in [4.69, 9.17) is 4.74 Å². The minimum atomic E-state index is -0.689. The van der Waals surface area contributed by atoms with Gasteiger partial charge >= 0.3 is 0 Å². The molecular formula is C15H15N7O2S. The number of hydrogen-bond donors (Lipinski definition) is 1. The summed E-state index contributed by atoms with van der Waals surface area (Å²) in [5.74, 6) is -0.284. The summed E-state index contributed by atoms with van der Waals surface area (Å²) in [5.41, 5.74) is 0.774. The van der Waals surface area contributed by atoms with Crippen molar-refractivity contribution in [2.24, 2.45) is 0 Å². The maximum absolute atomic E-state index is 12.8. The first-order valence-electron chi connectivity index (χ1n) is 7.84. The molecule has 0 saturated carbocycles. The lowest BCUT2D eigenvalue weighted by atomic mass is 10.1. The maximum atomic E-state index is 12.8. The van der Waals surface area contributed by atoms with Crippen LogP contribution in [-0.2, 0) is 9.53 Å². The Hall–Kier alpha value is -2.72. The molecule has 0 unspecified atom stereocenters. The normalized spacial score (nSPS) is 18.2. The Kier molecular flexibility index (Phi) is 4.44. The van der Waals surface area contributed by atoms with Gasteiger partial charge < -0.3 is 4.74 Å². The van der Waals surface area contributed by atoms with Crippen LogP contribution in [0, 0.1) is 0 Å². The Bertz CT molecular complexity index is 831. The topological polar surface area (TPSA) is 108 Å². The van der Waals surface area contributed by atoms with E-state index < -0.39 is 6.04 Å². The molecule has 1 aromatic carbocycles. The van der Waals surface area contributed by atoms with Gasteiger partial charge in [0.2, 0.25) is 5.13 Å². The molecule has 1 aliphatic rings. The van der Waals surface area contributed by atoms with Gasteiger partial charge in [-0.3, -0.25) is 10.1 Å². The number of anilines is 1. The van der Waals surface area contributed by atoms with Crippen LogP contribution in [-0.4, -0.2) is 42.9 Å². The molecule has 0 aliphatic carbocycles. The van der Waals surface area contributed by atoms with Crippen molar-refractivity contribution in [3.63, 3.8) is 0 Å². The highest BCUT2D eigenvalue weighted by Gasteiger charge is 2.26. The lowest BCUT2D eigenvalue weighted by molar-refractivity contribution is -0.118. The lowest BCUT2D eigenvalue weighted by Gasteiger charge is -2.15. The first-order chi connectivity index (χ1) is 12.3. The van der Waals surface area contributed by atoms with Crippen molar-refractivity contribution in [2.45, 2.75) is 25.0 Å². The standard InChI is InChI=1S/C15H15N7O2S/c23-13(17-15-19-18-14(25-15)11-7-4-8-24-11)12(22-9-16-20-21-22)10-5-2-1-3-6-10/h1-3,5-6,9,11-12H,4,7-8H2,(H,17,19,23)/t11-,12+/m1/s1. The molecule has 10 heteroatoms. The van der Waals surface area contributed by atoms with Gasteiger partial charge in [0, 0.05) is 6.61 Å². The minimum Gasteiger partial charge on any atom is -0.371 e. The number of amides is 1. The van der Waals surface area contributed by atoms with Gasteiger partial charge in [-0.05, 0) is 28.8 Å². The quantitative estimate of drug-likeness (QED) is 0.739. The molecule has 25 heavy (non-hydrogen) atoms. The molecule has 0 bridgehead atoms. The van der Waals surface area contributed by atoms with Crippen LogP contribution in [0.4, 0.5) is 5.13 Å². The van der Waals surface area contributed by atoms with E-state index in [1.807, 2.05) is 30.3 Å². The van der Waals surface area contributed by atoms with Gasteiger partial charge in [0.25, 0.3) is 5.91 Å². The summed E-state index contributed by atoms with van der Waals surface area (Å²) in [5, 5.41) is 23.3. The predicted molar refractivity (Wildman–Crippen MR) is 88.9 cm³/mol. The number of benzene rings is 1. The fourth-order valence-corrected chi connectivity index (χ4v) is 3.54. The van der Waals surface area contributed by atoms with Crippen molar-refractivity contribution < 1.29 is 9.53 Å².